The SMILES string of the molecule is C[C@@H]1C2CC3C(C)(C2)C1OS3(=O)=O. The Labute approximate surface area is 78.6 Å². The maximum absolute atomic E-state index is 11.6. The Morgan fingerprint density at radius 1 is 1.46 bits per heavy atom. The molecule has 0 radical (unpaired) electrons. The van der Waals surface area contributed by atoms with Crippen LogP contribution in [0.5, 0.6) is 0 Å². The maximum Gasteiger partial charge on any atom is 0.271 e. The third-order valence-electron chi connectivity index (χ3n) is 4.41. The van der Waals surface area contributed by atoms with Gasteiger partial charge in [0.05, 0.1) is 11.4 Å². The Hall–Kier alpha value is -0.0900. The lowest BCUT2D eigenvalue weighted by atomic mass is 9.79. The van der Waals surface area contributed by atoms with Crippen LogP contribution in [0.25, 0.3) is 0 Å². The van der Waals surface area contributed by atoms with E-state index in [-0.39, 0.29) is 16.8 Å². The molecular weight excluding hydrogens is 188 g/mol. The number of hydrogen-bond acceptors (Lipinski definition) is 3. The fourth-order valence-corrected chi connectivity index (χ4v) is 5.92. The van der Waals surface area contributed by atoms with Gasteiger partial charge in [0.1, 0.15) is 0 Å². The molecule has 2 bridgehead atoms. The predicted octanol–water partition coefficient (Wildman–Crippen LogP) is 1.15. The summed E-state index contributed by atoms with van der Waals surface area (Å²) < 4.78 is 28.4. The van der Waals surface area contributed by atoms with Crippen LogP contribution in [0.1, 0.15) is 26.7 Å². The van der Waals surface area contributed by atoms with Crippen molar-refractivity contribution < 1.29 is 12.6 Å². The maximum atomic E-state index is 11.6. The molecule has 0 aromatic carbocycles. The average molecular weight is 202 g/mol. The molecule has 0 spiro atoms. The summed E-state index contributed by atoms with van der Waals surface area (Å²) in [6.07, 6.45) is 1.85. The van der Waals surface area contributed by atoms with Gasteiger partial charge in [0.15, 0.2) is 0 Å². The molecule has 0 aromatic rings. The summed E-state index contributed by atoms with van der Waals surface area (Å²) in [6, 6.07) is 0. The largest absolute Gasteiger partial charge is 0.271 e. The van der Waals surface area contributed by atoms with E-state index in [1.807, 2.05) is 0 Å². The molecule has 4 heteroatoms. The van der Waals surface area contributed by atoms with Crippen molar-refractivity contribution in [2.24, 2.45) is 17.3 Å². The Bertz CT molecular complexity index is 361. The third-order valence-corrected chi connectivity index (χ3v) is 6.32. The van der Waals surface area contributed by atoms with Crippen LogP contribution in [-0.4, -0.2) is 19.8 Å². The molecule has 3 fully saturated rings. The van der Waals surface area contributed by atoms with Crippen molar-refractivity contribution in [3.05, 3.63) is 0 Å². The second kappa shape index (κ2) is 1.96. The van der Waals surface area contributed by atoms with Crippen LogP contribution in [0.3, 0.4) is 0 Å². The van der Waals surface area contributed by atoms with E-state index >= 15 is 0 Å². The lowest BCUT2D eigenvalue weighted by Crippen LogP contribution is -2.36. The summed E-state index contributed by atoms with van der Waals surface area (Å²) in [5.74, 6) is 1.01. The van der Waals surface area contributed by atoms with E-state index in [0.717, 1.165) is 12.8 Å². The Morgan fingerprint density at radius 2 is 2.15 bits per heavy atom. The summed E-state index contributed by atoms with van der Waals surface area (Å²) in [6.45, 7) is 4.20. The molecule has 0 aromatic heterocycles. The first-order chi connectivity index (χ1) is 5.95. The molecule has 3 rings (SSSR count). The van der Waals surface area contributed by atoms with Gasteiger partial charge in [-0.15, -0.1) is 0 Å². The van der Waals surface area contributed by atoms with Gasteiger partial charge < -0.3 is 0 Å². The van der Waals surface area contributed by atoms with E-state index in [9.17, 15) is 8.42 Å². The summed E-state index contributed by atoms with van der Waals surface area (Å²) >= 11 is 0. The molecule has 3 aliphatic rings. The van der Waals surface area contributed by atoms with Gasteiger partial charge in [-0.1, -0.05) is 13.8 Å². The Morgan fingerprint density at radius 3 is 2.69 bits per heavy atom. The summed E-state index contributed by atoms with van der Waals surface area (Å²) in [7, 11) is -3.22. The van der Waals surface area contributed by atoms with E-state index < -0.39 is 10.1 Å². The van der Waals surface area contributed by atoms with Crippen molar-refractivity contribution in [2.45, 2.75) is 38.0 Å². The van der Waals surface area contributed by atoms with Gasteiger partial charge in [0.25, 0.3) is 10.1 Å². The van der Waals surface area contributed by atoms with Gasteiger partial charge in [-0.3, -0.25) is 4.18 Å². The number of hydrogen-bond donors (Lipinski definition) is 0. The van der Waals surface area contributed by atoms with Gasteiger partial charge in [-0.25, -0.2) is 0 Å². The van der Waals surface area contributed by atoms with Crippen molar-refractivity contribution in [2.75, 3.05) is 0 Å². The highest BCUT2D eigenvalue weighted by Crippen LogP contribution is 2.64. The van der Waals surface area contributed by atoms with Gasteiger partial charge in [0.2, 0.25) is 0 Å². The van der Waals surface area contributed by atoms with Gasteiger partial charge in [-0.2, -0.15) is 8.42 Å². The van der Waals surface area contributed by atoms with E-state index in [1.54, 1.807) is 0 Å². The predicted molar refractivity (Wildman–Crippen MR) is 47.6 cm³/mol. The third kappa shape index (κ3) is 0.734. The van der Waals surface area contributed by atoms with Gasteiger partial charge in [-0.05, 0) is 24.7 Å². The van der Waals surface area contributed by atoms with Gasteiger partial charge >= 0.3 is 0 Å². The molecule has 1 saturated heterocycles. The summed E-state index contributed by atoms with van der Waals surface area (Å²) in [4.78, 5) is 0. The van der Waals surface area contributed by atoms with Crippen LogP contribution in [0, 0.1) is 17.3 Å². The zero-order valence-electron chi connectivity index (χ0n) is 7.86. The van der Waals surface area contributed by atoms with Crippen molar-refractivity contribution in [1.29, 1.82) is 0 Å². The molecule has 2 saturated carbocycles. The summed E-state index contributed by atoms with van der Waals surface area (Å²) in [5.41, 5.74) is -0.0666. The van der Waals surface area contributed by atoms with Crippen molar-refractivity contribution >= 4 is 10.1 Å². The molecule has 1 heterocycles. The minimum absolute atomic E-state index is 0.0266. The molecule has 1 aliphatic heterocycles. The highest BCUT2D eigenvalue weighted by Gasteiger charge is 2.69. The quantitative estimate of drug-likeness (QED) is 0.553. The molecule has 0 amide bonds. The van der Waals surface area contributed by atoms with Crippen LogP contribution in [0.4, 0.5) is 0 Å². The molecule has 74 valence electrons. The second-order valence-electron chi connectivity index (χ2n) is 5.06. The number of fused-ring (bicyclic) bond motifs is 1. The fraction of sp³-hybridized carbons (Fsp3) is 1.00. The topological polar surface area (TPSA) is 43.4 Å². The monoisotopic (exact) mass is 202 g/mol. The van der Waals surface area contributed by atoms with Crippen LogP contribution in [0.2, 0.25) is 0 Å². The lowest BCUT2D eigenvalue weighted by molar-refractivity contribution is 0.0909. The zero-order chi connectivity index (χ0) is 9.43. The van der Waals surface area contributed by atoms with Crippen molar-refractivity contribution in [1.82, 2.24) is 0 Å². The first-order valence-electron chi connectivity index (χ1n) is 4.87. The van der Waals surface area contributed by atoms with Crippen LogP contribution in [0.15, 0.2) is 0 Å². The Balaban J connectivity index is 2.18. The van der Waals surface area contributed by atoms with E-state index in [0.29, 0.717) is 11.8 Å². The highest BCUT2D eigenvalue weighted by atomic mass is 32.2. The average Bonchev–Trinajstić information content (AvgIpc) is 2.49. The Kier molecular flexibility index (Phi) is 1.24. The molecule has 5 atom stereocenters. The standard InChI is InChI=1S/C9H14O3S/c1-5-6-3-7-9(2,4-6)8(5)12-13(7,10)11/h5-8H,3-4H2,1-2H3/t5-,6?,7?,8?,9?/m1/s1. The van der Waals surface area contributed by atoms with Crippen molar-refractivity contribution in [3.63, 3.8) is 0 Å². The lowest BCUT2D eigenvalue weighted by Gasteiger charge is -2.28. The van der Waals surface area contributed by atoms with Crippen LogP contribution in [-0.2, 0) is 14.3 Å². The minimum atomic E-state index is -3.22. The minimum Gasteiger partial charge on any atom is -0.266 e. The van der Waals surface area contributed by atoms with E-state index in [2.05, 4.69) is 13.8 Å². The zero-order valence-corrected chi connectivity index (χ0v) is 8.67. The van der Waals surface area contributed by atoms with Crippen LogP contribution >= 0.6 is 0 Å². The first-order valence-corrected chi connectivity index (χ1v) is 6.34. The number of rotatable bonds is 0. The molecule has 3 nitrogen and oxygen atoms in total. The molecule has 0 N–H and O–H groups in total. The smallest absolute Gasteiger partial charge is 0.266 e. The molecular formula is C9H14O3S. The van der Waals surface area contributed by atoms with Crippen molar-refractivity contribution in [3.8, 4) is 0 Å². The molecule has 13 heavy (non-hydrogen) atoms. The normalized spacial score (nSPS) is 61.7. The van der Waals surface area contributed by atoms with E-state index in [1.165, 1.54) is 0 Å². The molecule has 4 unspecified atom stereocenters. The van der Waals surface area contributed by atoms with E-state index in [4.69, 9.17) is 4.18 Å². The van der Waals surface area contributed by atoms with Gasteiger partial charge in [0, 0.05) is 5.41 Å². The van der Waals surface area contributed by atoms with Crippen LogP contribution < -0.4 is 0 Å². The fourth-order valence-electron chi connectivity index (χ4n) is 3.73. The second-order valence-corrected chi connectivity index (χ2v) is 6.81. The molecule has 2 aliphatic carbocycles. The summed E-state index contributed by atoms with van der Waals surface area (Å²) in [5, 5.41) is -0.203. The highest BCUT2D eigenvalue weighted by molar-refractivity contribution is 7.87. The first kappa shape index (κ1) is 8.24.